The van der Waals surface area contributed by atoms with Gasteiger partial charge >= 0.3 is 11.9 Å². The number of esters is 2. The first kappa shape index (κ1) is 78.7. The van der Waals surface area contributed by atoms with Crippen molar-refractivity contribution in [1.29, 1.82) is 0 Å². The molecule has 0 aromatic rings. The highest BCUT2D eigenvalue weighted by Crippen LogP contribution is 2.38. The molecule has 10 heteroatoms. The Balaban J connectivity index is 3.93. The third kappa shape index (κ3) is 66.7. The second-order valence-electron chi connectivity index (χ2n) is 24.5. The minimum absolute atomic E-state index is 0.0316. The third-order valence-electron chi connectivity index (χ3n) is 15.3. The maximum absolute atomic E-state index is 12.8. The van der Waals surface area contributed by atoms with Gasteiger partial charge in [0.1, 0.15) is 19.8 Å². The second-order valence-corrected chi connectivity index (χ2v) is 25.9. The summed E-state index contributed by atoms with van der Waals surface area (Å²) in [5.41, 5.74) is 0. The Morgan fingerprint density at radius 3 is 1.00 bits per heavy atom. The van der Waals surface area contributed by atoms with Gasteiger partial charge in [0, 0.05) is 12.8 Å². The zero-order valence-corrected chi connectivity index (χ0v) is 54.9. The van der Waals surface area contributed by atoms with Gasteiger partial charge in [-0.05, 0) is 83.5 Å². The lowest BCUT2D eigenvalue weighted by Crippen LogP contribution is -2.37. The van der Waals surface area contributed by atoms with Crippen LogP contribution in [-0.2, 0) is 32.7 Å². The number of hydrogen-bond acceptors (Lipinski definition) is 8. The average Bonchev–Trinajstić information content (AvgIpc) is 3.43. The molecule has 0 radical (unpaired) electrons. The monoisotopic (exact) mass is 1160 g/mol. The van der Waals surface area contributed by atoms with Crippen LogP contribution in [0.4, 0.5) is 0 Å². The van der Waals surface area contributed by atoms with Crippen molar-refractivity contribution in [2.45, 2.75) is 335 Å². The van der Waals surface area contributed by atoms with E-state index in [1.807, 2.05) is 21.1 Å². The summed E-state index contributed by atoms with van der Waals surface area (Å²) in [6, 6.07) is 0. The predicted octanol–water partition coefficient (Wildman–Crippen LogP) is 21.6. The Labute approximate surface area is 502 Å². The fourth-order valence-electron chi connectivity index (χ4n) is 9.93. The molecular formula is C71H132NO8P. The molecule has 0 aliphatic rings. The number of nitrogens with zero attached hydrogens (tertiary/aromatic N) is 1. The lowest BCUT2D eigenvalue weighted by Gasteiger charge is -2.28. The first-order chi connectivity index (χ1) is 39.5. The van der Waals surface area contributed by atoms with Gasteiger partial charge < -0.3 is 27.9 Å². The van der Waals surface area contributed by atoms with E-state index in [4.69, 9.17) is 18.5 Å². The van der Waals surface area contributed by atoms with E-state index >= 15 is 0 Å². The van der Waals surface area contributed by atoms with Gasteiger partial charge in [0.2, 0.25) is 0 Å². The van der Waals surface area contributed by atoms with Crippen LogP contribution >= 0.6 is 7.82 Å². The summed E-state index contributed by atoms with van der Waals surface area (Å²) in [5.74, 6) is -0.829. The Kier molecular flexibility index (Phi) is 60.5. The Morgan fingerprint density at radius 1 is 0.383 bits per heavy atom. The molecular weight excluding hydrogens is 1030 g/mol. The molecule has 0 spiro atoms. The molecule has 0 aliphatic heterocycles. The third-order valence-corrected chi connectivity index (χ3v) is 16.2. The highest BCUT2D eigenvalue weighted by atomic mass is 31.2. The molecule has 0 bridgehead atoms. The summed E-state index contributed by atoms with van der Waals surface area (Å²) in [6.07, 6.45) is 81.7. The second kappa shape index (κ2) is 62.2. The van der Waals surface area contributed by atoms with Gasteiger partial charge in [0.05, 0.1) is 27.7 Å². The summed E-state index contributed by atoms with van der Waals surface area (Å²) in [4.78, 5) is 38.0. The summed E-state index contributed by atoms with van der Waals surface area (Å²) < 4.78 is 34.2. The average molecular weight is 1160 g/mol. The van der Waals surface area contributed by atoms with Crippen LogP contribution < -0.4 is 4.89 Å². The first-order valence-electron chi connectivity index (χ1n) is 34.5. The molecule has 2 unspecified atom stereocenters. The Morgan fingerprint density at radius 2 is 0.667 bits per heavy atom. The van der Waals surface area contributed by atoms with Crippen LogP contribution in [0.5, 0.6) is 0 Å². The van der Waals surface area contributed by atoms with Gasteiger partial charge in [-0.1, -0.05) is 293 Å². The number of unbranched alkanes of at least 4 members (excludes halogenated alkanes) is 40. The van der Waals surface area contributed by atoms with Gasteiger partial charge in [-0.25, -0.2) is 0 Å². The zero-order chi connectivity index (χ0) is 59.1. The topological polar surface area (TPSA) is 111 Å². The molecule has 0 amide bonds. The van der Waals surface area contributed by atoms with Crippen molar-refractivity contribution >= 4 is 19.8 Å². The van der Waals surface area contributed by atoms with Crippen LogP contribution in [0, 0.1) is 0 Å². The fraction of sp³-hybridized carbons (Fsp3) is 0.831. The summed E-state index contributed by atoms with van der Waals surface area (Å²) in [6.45, 7) is 4.24. The number of phosphoric ester groups is 1. The SMILES string of the molecule is CCCCCC/C=C\C/C=C\CCCCCCCCCC(=O)OCC(COP(=O)([O-])OCC[N+](C)(C)C)OC(=O)CCCCCCCCCCCCCCCCCCCCCCCCCC/C=C\C/C=C\C/C=C\CCCCCCC. The fourth-order valence-corrected chi connectivity index (χ4v) is 10.7. The van der Waals surface area contributed by atoms with Crippen LogP contribution in [0.15, 0.2) is 60.8 Å². The van der Waals surface area contributed by atoms with Crippen molar-refractivity contribution in [3.8, 4) is 0 Å². The van der Waals surface area contributed by atoms with Crippen LogP contribution in [-0.4, -0.2) is 70.0 Å². The van der Waals surface area contributed by atoms with E-state index in [1.54, 1.807) is 0 Å². The van der Waals surface area contributed by atoms with E-state index in [0.29, 0.717) is 17.4 Å². The smallest absolute Gasteiger partial charge is 0.306 e. The van der Waals surface area contributed by atoms with Crippen LogP contribution in [0.1, 0.15) is 328 Å². The molecule has 0 saturated carbocycles. The Bertz CT molecular complexity index is 1550. The molecule has 0 N–H and O–H groups in total. The van der Waals surface area contributed by atoms with Crippen molar-refractivity contribution in [1.82, 2.24) is 0 Å². The zero-order valence-electron chi connectivity index (χ0n) is 54.0. The molecule has 0 rings (SSSR count). The van der Waals surface area contributed by atoms with Gasteiger partial charge in [0.15, 0.2) is 6.10 Å². The lowest BCUT2D eigenvalue weighted by molar-refractivity contribution is -0.870. The van der Waals surface area contributed by atoms with E-state index < -0.39 is 26.5 Å². The predicted molar refractivity (Wildman–Crippen MR) is 347 cm³/mol. The maximum atomic E-state index is 12.8. The normalized spacial score (nSPS) is 13.5. The van der Waals surface area contributed by atoms with Crippen LogP contribution in [0.25, 0.3) is 0 Å². The number of hydrogen-bond donors (Lipinski definition) is 0. The number of phosphoric acid groups is 1. The van der Waals surface area contributed by atoms with Crippen LogP contribution in [0.3, 0.4) is 0 Å². The number of quaternary nitrogens is 1. The largest absolute Gasteiger partial charge is 0.756 e. The lowest BCUT2D eigenvalue weighted by atomic mass is 10.0. The molecule has 9 nitrogen and oxygen atoms in total. The quantitative estimate of drug-likeness (QED) is 0.0195. The minimum Gasteiger partial charge on any atom is -0.756 e. The molecule has 0 heterocycles. The summed E-state index contributed by atoms with van der Waals surface area (Å²) in [7, 11) is 1.17. The standard InChI is InChI=1S/C71H132NO8P/c1-6-8-10-12-14-16-18-20-22-24-26-27-28-29-30-31-32-33-34-35-36-37-38-39-40-41-42-43-44-45-46-48-50-52-54-56-58-60-62-64-71(74)80-69(68-79-81(75,76)78-66-65-72(3,4)5)67-77-70(73)63-61-59-57-55-53-51-49-47-25-23-21-19-17-15-13-11-9-7-2/h17-20,23-26,28-29,69H,6-16,21-22,27,30-68H2,1-5H3/b19-17-,20-18-,25-23-,26-24-,29-28-. The molecule has 0 aliphatic carbocycles. The van der Waals surface area contributed by atoms with E-state index in [2.05, 4.69) is 74.6 Å². The summed E-state index contributed by atoms with van der Waals surface area (Å²) >= 11 is 0. The number of carbonyl (C=O) groups excluding carboxylic acids is 2. The van der Waals surface area contributed by atoms with Crippen molar-refractivity contribution in [3.05, 3.63) is 60.8 Å². The van der Waals surface area contributed by atoms with Gasteiger partial charge in [0.25, 0.3) is 7.82 Å². The van der Waals surface area contributed by atoms with E-state index in [9.17, 15) is 19.0 Å². The number of likely N-dealkylation sites (N-methyl/N-ethyl adjacent to an activating group) is 1. The number of allylic oxidation sites excluding steroid dienone is 10. The van der Waals surface area contributed by atoms with Gasteiger partial charge in [-0.2, -0.15) is 0 Å². The Hall–Kier alpha value is -2.29. The highest BCUT2D eigenvalue weighted by Gasteiger charge is 2.22. The molecule has 0 fully saturated rings. The van der Waals surface area contributed by atoms with Gasteiger partial charge in [-0.3, -0.25) is 14.2 Å². The van der Waals surface area contributed by atoms with Gasteiger partial charge in [-0.15, -0.1) is 0 Å². The van der Waals surface area contributed by atoms with E-state index in [1.165, 1.54) is 231 Å². The van der Waals surface area contributed by atoms with E-state index in [-0.39, 0.29) is 32.0 Å². The molecule has 81 heavy (non-hydrogen) atoms. The number of rotatable bonds is 64. The van der Waals surface area contributed by atoms with Crippen molar-refractivity contribution in [3.63, 3.8) is 0 Å². The molecule has 0 aromatic heterocycles. The van der Waals surface area contributed by atoms with E-state index in [0.717, 1.165) is 64.2 Å². The number of ether oxygens (including phenoxy) is 2. The van der Waals surface area contributed by atoms with Crippen LogP contribution in [0.2, 0.25) is 0 Å². The molecule has 0 saturated heterocycles. The minimum atomic E-state index is -4.64. The molecule has 0 aromatic carbocycles. The first-order valence-corrected chi connectivity index (χ1v) is 36.0. The maximum Gasteiger partial charge on any atom is 0.306 e. The van der Waals surface area contributed by atoms with Crippen molar-refractivity contribution in [2.75, 3.05) is 47.5 Å². The molecule has 474 valence electrons. The summed E-state index contributed by atoms with van der Waals surface area (Å²) in [5, 5.41) is 0. The van der Waals surface area contributed by atoms with Crippen molar-refractivity contribution in [2.24, 2.45) is 0 Å². The highest BCUT2D eigenvalue weighted by molar-refractivity contribution is 7.45. The number of carbonyl (C=O) groups is 2. The van der Waals surface area contributed by atoms with Crippen molar-refractivity contribution < 1.29 is 42.1 Å². The molecule has 2 atom stereocenters.